The first-order valence-corrected chi connectivity index (χ1v) is 8.09. The molecule has 0 atom stereocenters. The number of rotatable bonds is 5. The molecule has 0 unspecified atom stereocenters. The summed E-state index contributed by atoms with van der Waals surface area (Å²) in [5.74, 6) is 0.130. The smallest absolute Gasteiger partial charge is 0.400 e. The van der Waals surface area contributed by atoms with Gasteiger partial charge in [-0.3, -0.25) is 4.79 Å². The van der Waals surface area contributed by atoms with Crippen LogP contribution >= 0.6 is 0 Å². The van der Waals surface area contributed by atoms with E-state index in [9.17, 15) is 4.79 Å². The van der Waals surface area contributed by atoms with Crippen molar-refractivity contribution in [2.24, 2.45) is 5.73 Å². The summed E-state index contributed by atoms with van der Waals surface area (Å²) in [7, 11) is -0.462. The summed E-state index contributed by atoms with van der Waals surface area (Å²) in [6.07, 6.45) is 2.45. The van der Waals surface area contributed by atoms with Crippen LogP contribution in [0.25, 0.3) is 6.08 Å². The topological polar surface area (TPSA) is 61.6 Å². The molecule has 1 aromatic rings. The first kappa shape index (κ1) is 17.9. The molecule has 4 nitrogen and oxygen atoms in total. The Labute approximate surface area is 139 Å². The van der Waals surface area contributed by atoms with Crippen LogP contribution in [-0.4, -0.2) is 30.6 Å². The molecular weight excluding hydrogens is 289 g/mol. The quantitative estimate of drug-likeness (QED) is 0.669. The van der Waals surface area contributed by atoms with E-state index in [0.717, 1.165) is 11.0 Å². The summed E-state index contributed by atoms with van der Waals surface area (Å²) in [4.78, 5) is 11.9. The molecule has 23 heavy (non-hydrogen) atoms. The maximum Gasteiger partial charge on any atom is 0.491 e. The Bertz CT molecular complexity index is 606. The van der Waals surface area contributed by atoms with Gasteiger partial charge in [0.2, 0.25) is 0 Å². The fourth-order valence-electron chi connectivity index (χ4n) is 2.44. The van der Waals surface area contributed by atoms with Crippen LogP contribution in [0.1, 0.15) is 57.0 Å². The lowest BCUT2D eigenvalue weighted by molar-refractivity contribution is 0.00578. The van der Waals surface area contributed by atoms with Crippen molar-refractivity contribution < 1.29 is 14.1 Å². The number of benzene rings is 1. The Morgan fingerprint density at radius 3 is 2.35 bits per heavy atom. The van der Waals surface area contributed by atoms with Gasteiger partial charge in [-0.2, -0.15) is 0 Å². The summed E-state index contributed by atoms with van der Waals surface area (Å²) < 4.78 is 12.1. The lowest BCUT2D eigenvalue weighted by Gasteiger charge is -2.32. The first-order chi connectivity index (χ1) is 10.7. The molecule has 2 N–H and O–H groups in total. The number of nitrogens with two attached hydrogens (primary N) is 1. The monoisotopic (exact) mass is 315 g/mol. The fourth-order valence-corrected chi connectivity index (χ4v) is 2.44. The van der Waals surface area contributed by atoms with E-state index in [4.69, 9.17) is 15.0 Å². The van der Waals surface area contributed by atoms with E-state index in [-0.39, 0.29) is 5.78 Å². The van der Waals surface area contributed by atoms with Gasteiger partial charge in [0.15, 0.2) is 5.78 Å². The molecule has 2 rings (SSSR count). The molecule has 1 aliphatic heterocycles. The molecule has 1 heterocycles. The summed E-state index contributed by atoms with van der Waals surface area (Å²) in [6, 6.07) is 7.55. The number of hydrogen-bond acceptors (Lipinski definition) is 4. The SMILES string of the molecule is CCC(=O)c1cccc(C=C(CN)B2OC(C)(C)C(C)(C)O2)c1. The normalized spacial score (nSPS) is 19.9. The number of carbonyl (C=O) groups excluding carboxylic acids is 1. The van der Waals surface area contributed by atoms with E-state index >= 15 is 0 Å². The van der Waals surface area contributed by atoms with Crippen LogP contribution in [0.15, 0.2) is 29.7 Å². The predicted octanol–water partition coefficient (Wildman–Crippen LogP) is 3.25. The molecule has 0 bridgehead atoms. The third kappa shape index (κ3) is 3.74. The van der Waals surface area contributed by atoms with Gasteiger partial charge >= 0.3 is 7.12 Å². The van der Waals surface area contributed by atoms with E-state index in [0.29, 0.717) is 18.5 Å². The van der Waals surface area contributed by atoms with Crippen LogP contribution < -0.4 is 5.73 Å². The average Bonchev–Trinajstić information content (AvgIpc) is 2.72. The van der Waals surface area contributed by atoms with Gasteiger partial charge in [-0.1, -0.05) is 31.2 Å². The largest absolute Gasteiger partial charge is 0.491 e. The van der Waals surface area contributed by atoms with Gasteiger partial charge in [0.25, 0.3) is 0 Å². The van der Waals surface area contributed by atoms with Crippen LogP contribution in [0, 0.1) is 0 Å². The zero-order valence-electron chi connectivity index (χ0n) is 14.7. The molecule has 0 aliphatic carbocycles. The Kier molecular flexibility index (Phi) is 5.14. The van der Waals surface area contributed by atoms with Crippen LogP contribution in [0.4, 0.5) is 0 Å². The molecular formula is C18H26BNO3. The summed E-state index contributed by atoms with van der Waals surface area (Å²) in [5.41, 5.74) is 7.62. The highest BCUT2D eigenvalue weighted by atomic mass is 16.7. The molecule has 1 saturated heterocycles. The fraction of sp³-hybridized carbons (Fsp3) is 0.500. The molecule has 1 fully saturated rings. The minimum Gasteiger partial charge on any atom is -0.400 e. The van der Waals surface area contributed by atoms with Crippen LogP contribution in [0.2, 0.25) is 0 Å². The molecule has 1 aliphatic rings. The van der Waals surface area contributed by atoms with Crippen LogP contribution in [-0.2, 0) is 9.31 Å². The molecule has 1 aromatic carbocycles. The zero-order chi connectivity index (χ0) is 17.3. The standard InChI is InChI=1S/C18H26BNO3/c1-6-16(21)14-9-7-8-13(10-14)11-15(12-20)19-22-17(2,3)18(4,5)23-19/h7-11H,6,12,20H2,1-5H3. The number of hydrogen-bond donors (Lipinski definition) is 1. The van der Waals surface area contributed by atoms with E-state index in [1.54, 1.807) is 0 Å². The van der Waals surface area contributed by atoms with E-state index < -0.39 is 18.3 Å². The lowest BCUT2D eigenvalue weighted by Crippen LogP contribution is -2.41. The van der Waals surface area contributed by atoms with Crippen molar-refractivity contribution >= 4 is 19.0 Å². The second-order valence-electron chi connectivity index (χ2n) is 6.91. The zero-order valence-corrected chi connectivity index (χ0v) is 14.7. The highest BCUT2D eigenvalue weighted by Gasteiger charge is 2.52. The first-order valence-electron chi connectivity index (χ1n) is 8.09. The highest BCUT2D eigenvalue weighted by Crippen LogP contribution is 2.38. The maximum atomic E-state index is 11.9. The number of Topliss-reactive ketones (excluding diaryl/α,β-unsaturated/α-hetero) is 1. The van der Waals surface area contributed by atoms with Crippen molar-refractivity contribution in [1.82, 2.24) is 0 Å². The van der Waals surface area contributed by atoms with Gasteiger partial charge in [0, 0.05) is 18.5 Å². The Hall–Kier alpha value is -1.43. The Morgan fingerprint density at radius 1 is 1.22 bits per heavy atom. The number of ketones is 1. The van der Waals surface area contributed by atoms with Gasteiger partial charge < -0.3 is 15.0 Å². The Morgan fingerprint density at radius 2 is 1.83 bits per heavy atom. The lowest BCUT2D eigenvalue weighted by atomic mass is 9.77. The number of carbonyl (C=O) groups is 1. The van der Waals surface area contributed by atoms with Crippen molar-refractivity contribution in [1.29, 1.82) is 0 Å². The van der Waals surface area contributed by atoms with Crippen molar-refractivity contribution in [3.05, 3.63) is 40.9 Å². The third-order valence-electron chi connectivity index (χ3n) is 4.67. The van der Waals surface area contributed by atoms with Crippen molar-refractivity contribution in [2.75, 3.05) is 6.54 Å². The summed E-state index contributed by atoms with van der Waals surface area (Å²) in [5, 5.41) is 0. The van der Waals surface area contributed by atoms with Gasteiger partial charge in [0.1, 0.15) is 0 Å². The molecule has 0 radical (unpaired) electrons. The van der Waals surface area contributed by atoms with Crippen LogP contribution in [0.5, 0.6) is 0 Å². The summed E-state index contributed by atoms with van der Waals surface area (Å²) >= 11 is 0. The van der Waals surface area contributed by atoms with Crippen LogP contribution in [0.3, 0.4) is 0 Å². The minimum absolute atomic E-state index is 0.130. The predicted molar refractivity (Wildman–Crippen MR) is 94.2 cm³/mol. The van der Waals surface area contributed by atoms with E-state index in [1.807, 2.05) is 65.0 Å². The van der Waals surface area contributed by atoms with Gasteiger partial charge in [-0.05, 0) is 44.8 Å². The second kappa shape index (κ2) is 6.60. The van der Waals surface area contributed by atoms with Crippen molar-refractivity contribution in [3.63, 3.8) is 0 Å². The summed E-state index contributed by atoms with van der Waals surface area (Å²) in [6.45, 7) is 10.3. The molecule has 5 heteroatoms. The molecule has 0 aromatic heterocycles. The van der Waals surface area contributed by atoms with E-state index in [2.05, 4.69) is 0 Å². The molecule has 0 spiro atoms. The van der Waals surface area contributed by atoms with Crippen molar-refractivity contribution in [3.8, 4) is 0 Å². The average molecular weight is 315 g/mol. The van der Waals surface area contributed by atoms with Crippen molar-refractivity contribution in [2.45, 2.75) is 52.2 Å². The van der Waals surface area contributed by atoms with Gasteiger partial charge in [-0.15, -0.1) is 0 Å². The van der Waals surface area contributed by atoms with E-state index in [1.165, 1.54) is 0 Å². The molecule has 0 saturated carbocycles. The van der Waals surface area contributed by atoms with Gasteiger partial charge in [0.05, 0.1) is 11.2 Å². The second-order valence-corrected chi connectivity index (χ2v) is 6.91. The Balaban J connectivity index is 2.28. The highest BCUT2D eigenvalue weighted by molar-refractivity contribution is 6.55. The maximum absolute atomic E-state index is 11.9. The minimum atomic E-state index is -0.462. The third-order valence-corrected chi connectivity index (χ3v) is 4.67. The molecule has 0 amide bonds. The molecule has 124 valence electrons. The van der Waals surface area contributed by atoms with Gasteiger partial charge in [-0.25, -0.2) is 0 Å².